The fraction of sp³-hybridized carbons (Fsp3) is 0.158. The first kappa shape index (κ1) is 15.0. The van der Waals surface area contributed by atoms with Crippen LogP contribution in [0.3, 0.4) is 0 Å². The van der Waals surface area contributed by atoms with Crippen molar-refractivity contribution in [3.8, 4) is 5.75 Å². The second kappa shape index (κ2) is 6.48. The molecule has 0 N–H and O–H groups in total. The molecule has 0 unspecified atom stereocenters. The molecular formula is C19H17NO3. The van der Waals surface area contributed by atoms with Crippen LogP contribution in [-0.4, -0.2) is 11.7 Å². The van der Waals surface area contributed by atoms with Crippen molar-refractivity contribution < 1.29 is 14.4 Å². The van der Waals surface area contributed by atoms with Gasteiger partial charge in [0.1, 0.15) is 12.4 Å². The Morgan fingerprint density at radius 1 is 1.04 bits per heavy atom. The maximum absolute atomic E-state index is 11.5. The highest BCUT2D eigenvalue weighted by atomic mass is 16.7. The Kier molecular flexibility index (Phi) is 4.24. The molecule has 0 bridgehead atoms. The standard InChI is InChI=1S/C19H17NO3/c1-13-3-5-16(6-4-13)12-22-17-9-7-15(8-10-17)11-18-14(2)20-23-19(18)21/h3-11H,12H2,1-2H3. The van der Waals surface area contributed by atoms with Crippen LogP contribution in [0, 0.1) is 6.92 Å². The number of rotatable bonds is 4. The third kappa shape index (κ3) is 3.66. The molecule has 2 aromatic rings. The van der Waals surface area contributed by atoms with Crippen LogP contribution in [0.15, 0.2) is 59.3 Å². The normalized spacial score (nSPS) is 15.5. The van der Waals surface area contributed by atoms with E-state index in [1.807, 2.05) is 24.3 Å². The summed E-state index contributed by atoms with van der Waals surface area (Å²) in [4.78, 5) is 16.1. The van der Waals surface area contributed by atoms with Gasteiger partial charge in [0.05, 0.1) is 11.3 Å². The van der Waals surface area contributed by atoms with Crippen molar-refractivity contribution in [2.45, 2.75) is 20.5 Å². The molecule has 1 aliphatic heterocycles. The summed E-state index contributed by atoms with van der Waals surface area (Å²) in [7, 11) is 0. The zero-order valence-electron chi connectivity index (χ0n) is 13.1. The highest BCUT2D eigenvalue weighted by Crippen LogP contribution is 2.19. The Morgan fingerprint density at radius 2 is 1.74 bits per heavy atom. The number of oxime groups is 1. The number of benzene rings is 2. The maximum atomic E-state index is 11.5. The van der Waals surface area contributed by atoms with E-state index in [0.29, 0.717) is 17.9 Å². The molecule has 0 saturated carbocycles. The number of ether oxygens (including phenoxy) is 1. The van der Waals surface area contributed by atoms with E-state index in [9.17, 15) is 4.79 Å². The third-order valence-corrected chi connectivity index (χ3v) is 3.59. The number of carbonyl (C=O) groups excluding carboxylic acids is 1. The van der Waals surface area contributed by atoms with Gasteiger partial charge in [-0.25, -0.2) is 4.79 Å². The number of hydrogen-bond donors (Lipinski definition) is 0. The minimum Gasteiger partial charge on any atom is -0.489 e. The molecule has 2 aromatic carbocycles. The lowest BCUT2D eigenvalue weighted by Gasteiger charge is -2.07. The smallest absolute Gasteiger partial charge is 0.367 e. The molecule has 4 heteroatoms. The highest BCUT2D eigenvalue weighted by molar-refractivity contribution is 6.24. The lowest BCUT2D eigenvalue weighted by atomic mass is 10.1. The Hall–Kier alpha value is -2.88. The van der Waals surface area contributed by atoms with Crippen LogP contribution >= 0.6 is 0 Å². The van der Waals surface area contributed by atoms with Gasteiger partial charge in [0.25, 0.3) is 0 Å². The Labute approximate surface area is 135 Å². The molecule has 0 aliphatic carbocycles. The monoisotopic (exact) mass is 307 g/mol. The molecule has 23 heavy (non-hydrogen) atoms. The van der Waals surface area contributed by atoms with Crippen LogP contribution in [0.2, 0.25) is 0 Å². The van der Waals surface area contributed by atoms with E-state index >= 15 is 0 Å². The summed E-state index contributed by atoms with van der Waals surface area (Å²) in [5, 5.41) is 3.66. The van der Waals surface area contributed by atoms with E-state index in [1.54, 1.807) is 13.0 Å². The molecule has 0 radical (unpaired) electrons. The molecule has 1 aliphatic rings. The van der Waals surface area contributed by atoms with E-state index in [4.69, 9.17) is 4.74 Å². The van der Waals surface area contributed by atoms with Crippen LogP contribution in [0.1, 0.15) is 23.6 Å². The van der Waals surface area contributed by atoms with Crippen molar-refractivity contribution in [2.75, 3.05) is 0 Å². The van der Waals surface area contributed by atoms with Crippen molar-refractivity contribution in [1.29, 1.82) is 0 Å². The second-order valence-corrected chi connectivity index (χ2v) is 5.46. The first-order valence-corrected chi connectivity index (χ1v) is 7.38. The average Bonchev–Trinajstić information content (AvgIpc) is 2.88. The molecular weight excluding hydrogens is 290 g/mol. The van der Waals surface area contributed by atoms with Gasteiger partial charge >= 0.3 is 5.97 Å². The zero-order valence-corrected chi connectivity index (χ0v) is 13.1. The van der Waals surface area contributed by atoms with Gasteiger partial charge in [0.2, 0.25) is 0 Å². The fourth-order valence-electron chi connectivity index (χ4n) is 2.20. The second-order valence-electron chi connectivity index (χ2n) is 5.46. The molecule has 0 saturated heterocycles. The topological polar surface area (TPSA) is 47.9 Å². The highest BCUT2D eigenvalue weighted by Gasteiger charge is 2.21. The summed E-state index contributed by atoms with van der Waals surface area (Å²) in [5.41, 5.74) is 4.34. The number of nitrogens with zero attached hydrogens (tertiary/aromatic N) is 1. The molecule has 4 nitrogen and oxygen atoms in total. The molecule has 1 heterocycles. The Balaban J connectivity index is 1.65. The lowest BCUT2D eigenvalue weighted by Crippen LogP contribution is -2.01. The van der Waals surface area contributed by atoms with Gasteiger partial charge in [-0.2, -0.15) is 0 Å². The van der Waals surface area contributed by atoms with Gasteiger partial charge in [0, 0.05) is 0 Å². The van der Waals surface area contributed by atoms with E-state index in [1.165, 1.54) is 5.56 Å². The first-order valence-electron chi connectivity index (χ1n) is 7.38. The average molecular weight is 307 g/mol. The lowest BCUT2D eigenvalue weighted by molar-refractivity contribution is -0.136. The van der Waals surface area contributed by atoms with Crippen LogP contribution in [0.4, 0.5) is 0 Å². The third-order valence-electron chi connectivity index (χ3n) is 3.59. The quantitative estimate of drug-likeness (QED) is 0.636. The van der Waals surface area contributed by atoms with Gasteiger partial charge in [-0.15, -0.1) is 0 Å². The predicted octanol–water partition coefficient (Wildman–Crippen LogP) is 3.89. The van der Waals surface area contributed by atoms with Crippen LogP contribution < -0.4 is 4.74 Å². The SMILES string of the molecule is CC1=NOC(=O)C1=Cc1ccc(OCc2ccc(C)cc2)cc1. The van der Waals surface area contributed by atoms with Crippen molar-refractivity contribution >= 4 is 17.8 Å². The molecule has 0 spiro atoms. The summed E-state index contributed by atoms with van der Waals surface area (Å²) in [6.07, 6.45) is 1.76. The first-order chi connectivity index (χ1) is 11.1. The maximum Gasteiger partial charge on any atom is 0.367 e. The molecule has 0 amide bonds. The molecule has 0 fully saturated rings. The van der Waals surface area contributed by atoms with E-state index in [2.05, 4.69) is 41.2 Å². The summed E-state index contributed by atoms with van der Waals surface area (Å²) < 4.78 is 5.76. The van der Waals surface area contributed by atoms with Crippen LogP contribution in [0.5, 0.6) is 5.75 Å². The molecule has 3 rings (SSSR count). The summed E-state index contributed by atoms with van der Waals surface area (Å²) >= 11 is 0. The van der Waals surface area contributed by atoms with Crippen molar-refractivity contribution in [2.24, 2.45) is 5.16 Å². The van der Waals surface area contributed by atoms with Crippen molar-refractivity contribution in [3.63, 3.8) is 0 Å². The van der Waals surface area contributed by atoms with Gasteiger partial charge in [-0.1, -0.05) is 47.1 Å². The zero-order chi connectivity index (χ0) is 16.2. The van der Waals surface area contributed by atoms with Crippen molar-refractivity contribution in [1.82, 2.24) is 0 Å². The largest absolute Gasteiger partial charge is 0.489 e. The van der Waals surface area contributed by atoms with Gasteiger partial charge < -0.3 is 9.57 Å². The summed E-state index contributed by atoms with van der Waals surface area (Å²) in [6, 6.07) is 15.8. The predicted molar refractivity (Wildman–Crippen MR) is 89.1 cm³/mol. The summed E-state index contributed by atoms with van der Waals surface area (Å²) in [5.74, 6) is 0.370. The molecule has 0 atom stereocenters. The van der Waals surface area contributed by atoms with Crippen LogP contribution in [-0.2, 0) is 16.2 Å². The van der Waals surface area contributed by atoms with Crippen LogP contribution in [0.25, 0.3) is 6.08 Å². The number of aryl methyl sites for hydroxylation is 1. The van der Waals surface area contributed by atoms with Gasteiger partial charge in [-0.3, -0.25) is 0 Å². The van der Waals surface area contributed by atoms with Crippen molar-refractivity contribution in [3.05, 3.63) is 70.8 Å². The molecule has 116 valence electrons. The van der Waals surface area contributed by atoms with E-state index < -0.39 is 5.97 Å². The van der Waals surface area contributed by atoms with E-state index in [-0.39, 0.29) is 0 Å². The summed E-state index contributed by atoms with van der Waals surface area (Å²) in [6.45, 7) is 4.33. The fourth-order valence-corrected chi connectivity index (χ4v) is 2.20. The Bertz CT molecular complexity index is 771. The minimum atomic E-state index is -0.415. The Morgan fingerprint density at radius 3 is 2.35 bits per heavy atom. The molecule has 0 aromatic heterocycles. The van der Waals surface area contributed by atoms with E-state index in [0.717, 1.165) is 16.9 Å². The minimum absolute atomic E-state index is 0.415. The number of carbonyl (C=O) groups is 1. The van der Waals surface area contributed by atoms with Gasteiger partial charge in [0.15, 0.2) is 0 Å². The number of hydrogen-bond acceptors (Lipinski definition) is 4. The van der Waals surface area contributed by atoms with Gasteiger partial charge in [-0.05, 0) is 43.2 Å².